The largest absolute Gasteiger partial charge is 0.496 e. The molecule has 0 spiro atoms. The summed E-state index contributed by atoms with van der Waals surface area (Å²) in [5.41, 5.74) is 10.6. The molecule has 0 aliphatic heterocycles. The molecule has 21 heavy (non-hydrogen) atoms. The first kappa shape index (κ1) is 15.6. The van der Waals surface area contributed by atoms with Crippen LogP contribution < -0.4 is 10.5 Å². The lowest BCUT2D eigenvalue weighted by atomic mass is 9.92. The third-order valence-corrected chi connectivity index (χ3v) is 3.88. The highest BCUT2D eigenvalue weighted by Crippen LogP contribution is 2.33. The lowest BCUT2D eigenvalue weighted by molar-refractivity contribution is 0.406. The molecular weight excluding hydrogens is 262 g/mol. The number of nitrogens with two attached hydrogens (primary N) is 1. The maximum Gasteiger partial charge on any atom is 0.122 e. The maximum atomic E-state index is 6.07. The highest BCUT2D eigenvalue weighted by Gasteiger charge is 2.22. The van der Waals surface area contributed by atoms with Crippen LogP contribution in [-0.2, 0) is 7.05 Å². The second-order valence-corrected chi connectivity index (χ2v) is 5.81. The molecule has 0 bridgehead atoms. The van der Waals surface area contributed by atoms with Gasteiger partial charge in [-0.15, -0.1) is 0 Å². The Labute approximate surface area is 126 Å². The van der Waals surface area contributed by atoms with Crippen LogP contribution in [0.15, 0.2) is 24.3 Å². The van der Waals surface area contributed by atoms with E-state index in [1.807, 2.05) is 17.8 Å². The van der Waals surface area contributed by atoms with Crippen LogP contribution in [0.2, 0.25) is 0 Å². The van der Waals surface area contributed by atoms with Crippen LogP contribution in [0, 0.1) is 6.92 Å². The molecule has 0 aliphatic carbocycles. The molecule has 4 nitrogen and oxygen atoms in total. The molecule has 2 aromatic rings. The summed E-state index contributed by atoms with van der Waals surface area (Å²) in [4.78, 5) is 0. The average Bonchev–Trinajstić information content (AvgIpc) is 2.83. The van der Waals surface area contributed by atoms with Gasteiger partial charge in [0.1, 0.15) is 5.75 Å². The minimum atomic E-state index is 0.0878. The molecule has 0 fully saturated rings. The van der Waals surface area contributed by atoms with Gasteiger partial charge in [-0.2, -0.15) is 5.10 Å². The quantitative estimate of drug-likeness (QED) is 0.920. The molecule has 4 heteroatoms. The average molecular weight is 287 g/mol. The number of aromatic nitrogens is 2. The van der Waals surface area contributed by atoms with Gasteiger partial charge in [0.25, 0.3) is 0 Å². The minimum absolute atomic E-state index is 0.0878. The Balaban J connectivity index is 2.51. The number of benzene rings is 1. The Hall–Kier alpha value is -1.81. The molecule has 2 N–H and O–H groups in total. The fourth-order valence-corrected chi connectivity index (χ4v) is 2.65. The second-order valence-electron chi connectivity index (χ2n) is 5.81. The van der Waals surface area contributed by atoms with Gasteiger partial charge in [0, 0.05) is 30.8 Å². The van der Waals surface area contributed by atoms with Crippen LogP contribution in [0.4, 0.5) is 0 Å². The van der Waals surface area contributed by atoms with Gasteiger partial charge in [-0.1, -0.05) is 31.5 Å². The summed E-state index contributed by atoms with van der Waals surface area (Å²) in [6.45, 7) is 6.91. The molecule has 0 saturated heterocycles. The Kier molecular flexibility index (Phi) is 4.68. The smallest absolute Gasteiger partial charge is 0.122 e. The molecule has 1 aromatic heterocycles. The molecule has 0 aliphatic rings. The van der Waals surface area contributed by atoms with Crippen molar-refractivity contribution < 1.29 is 4.74 Å². The van der Waals surface area contributed by atoms with Crippen molar-refractivity contribution in [3.8, 4) is 5.75 Å². The lowest BCUT2D eigenvalue weighted by Gasteiger charge is -2.19. The number of hydrogen-bond acceptors (Lipinski definition) is 3. The van der Waals surface area contributed by atoms with E-state index in [1.54, 1.807) is 7.11 Å². The van der Waals surface area contributed by atoms with Crippen LogP contribution in [0.1, 0.15) is 48.2 Å². The molecular formula is C17H25N3O. The van der Waals surface area contributed by atoms with Crippen molar-refractivity contribution in [3.05, 3.63) is 46.8 Å². The Morgan fingerprint density at radius 2 is 2.00 bits per heavy atom. The Morgan fingerprint density at radius 1 is 1.29 bits per heavy atom. The molecule has 1 aromatic carbocycles. The van der Waals surface area contributed by atoms with E-state index in [0.29, 0.717) is 12.5 Å². The Morgan fingerprint density at radius 3 is 2.52 bits per heavy atom. The van der Waals surface area contributed by atoms with Gasteiger partial charge in [-0.25, -0.2) is 0 Å². The molecule has 0 radical (unpaired) electrons. The van der Waals surface area contributed by atoms with E-state index in [9.17, 15) is 0 Å². The fourth-order valence-electron chi connectivity index (χ4n) is 2.65. The van der Waals surface area contributed by atoms with Crippen LogP contribution in [0.3, 0.4) is 0 Å². The summed E-state index contributed by atoms with van der Waals surface area (Å²) in [7, 11) is 3.68. The minimum Gasteiger partial charge on any atom is -0.496 e. The summed E-state index contributed by atoms with van der Waals surface area (Å²) in [6, 6.07) is 8.37. The van der Waals surface area contributed by atoms with Crippen molar-refractivity contribution in [1.29, 1.82) is 0 Å². The number of hydrogen-bond donors (Lipinski definition) is 1. The van der Waals surface area contributed by atoms with Crippen LogP contribution in [0.5, 0.6) is 5.75 Å². The molecule has 2 rings (SSSR count). The second kappa shape index (κ2) is 6.31. The highest BCUT2D eigenvalue weighted by molar-refractivity contribution is 5.43. The van der Waals surface area contributed by atoms with Gasteiger partial charge in [-0.3, -0.25) is 4.68 Å². The predicted octanol–water partition coefficient (Wildman–Crippen LogP) is 2.95. The zero-order valence-electron chi connectivity index (χ0n) is 13.6. The first-order valence-corrected chi connectivity index (χ1v) is 7.36. The lowest BCUT2D eigenvalue weighted by Crippen LogP contribution is -2.18. The summed E-state index contributed by atoms with van der Waals surface area (Å²) in [5.74, 6) is 1.37. The third-order valence-electron chi connectivity index (χ3n) is 3.88. The van der Waals surface area contributed by atoms with E-state index in [1.165, 1.54) is 5.56 Å². The van der Waals surface area contributed by atoms with Gasteiger partial charge in [-0.05, 0) is 25.0 Å². The predicted molar refractivity (Wildman–Crippen MR) is 85.9 cm³/mol. The van der Waals surface area contributed by atoms with Crippen molar-refractivity contribution in [3.63, 3.8) is 0 Å². The topological polar surface area (TPSA) is 53.1 Å². The summed E-state index contributed by atoms with van der Waals surface area (Å²) >= 11 is 0. The molecule has 1 unspecified atom stereocenters. The first-order chi connectivity index (χ1) is 9.97. The zero-order valence-corrected chi connectivity index (χ0v) is 13.6. The summed E-state index contributed by atoms with van der Waals surface area (Å²) in [6.07, 6.45) is 0. The molecule has 114 valence electrons. The van der Waals surface area contributed by atoms with E-state index in [2.05, 4.69) is 44.1 Å². The highest BCUT2D eigenvalue weighted by atomic mass is 16.5. The van der Waals surface area contributed by atoms with Crippen LogP contribution in [0.25, 0.3) is 0 Å². The fraction of sp³-hybridized carbons (Fsp3) is 0.471. The van der Waals surface area contributed by atoms with Crippen molar-refractivity contribution in [2.75, 3.05) is 13.7 Å². The number of ether oxygens (including phenoxy) is 1. The number of nitrogens with zero attached hydrogens (tertiary/aromatic N) is 2. The molecule has 0 saturated carbocycles. The molecule has 1 atom stereocenters. The SMILES string of the molecule is COc1ccc(C)cc1C(CN)c1cc(C(C)C)nn1C. The number of methoxy groups -OCH3 is 1. The van der Waals surface area contributed by atoms with Crippen molar-refractivity contribution >= 4 is 0 Å². The normalized spacial score (nSPS) is 12.7. The van der Waals surface area contributed by atoms with Gasteiger partial charge in [0.2, 0.25) is 0 Å². The maximum absolute atomic E-state index is 6.07. The van der Waals surface area contributed by atoms with Gasteiger partial charge < -0.3 is 10.5 Å². The van der Waals surface area contributed by atoms with E-state index >= 15 is 0 Å². The van der Waals surface area contributed by atoms with Gasteiger partial charge >= 0.3 is 0 Å². The molecule has 0 amide bonds. The van der Waals surface area contributed by atoms with Crippen molar-refractivity contribution in [1.82, 2.24) is 9.78 Å². The van der Waals surface area contributed by atoms with Gasteiger partial charge in [0.15, 0.2) is 0 Å². The van der Waals surface area contributed by atoms with Crippen molar-refractivity contribution in [2.24, 2.45) is 12.8 Å². The van der Waals surface area contributed by atoms with E-state index in [-0.39, 0.29) is 5.92 Å². The molecule has 1 heterocycles. The summed E-state index contributed by atoms with van der Waals surface area (Å²) < 4.78 is 7.45. The van der Waals surface area contributed by atoms with Crippen LogP contribution in [-0.4, -0.2) is 23.4 Å². The van der Waals surface area contributed by atoms with Gasteiger partial charge in [0.05, 0.1) is 12.8 Å². The Bertz CT molecular complexity index is 616. The van der Waals surface area contributed by atoms with E-state index in [4.69, 9.17) is 10.5 Å². The monoisotopic (exact) mass is 287 g/mol. The standard InChI is InChI=1S/C17H25N3O/c1-11(2)15-9-16(20(4)19-15)14(10-18)13-8-12(3)6-7-17(13)21-5/h6-9,11,14H,10,18H2,1-5H3. The van der Waals surface area contributed by atoms with E-state index < -0.39 is 0 Å². The first-order valence-electron chi connectivity index (χ1n) is 7.36. The summed E-state index contributed by atoms with van der Waals surface area (Å²) in [5, 5.41) is 4.60. The van der Waals surface area contributed by atoms with E-state index in [0.717, 1.165) is 22.7 Å². The third kappa shape index (κ3) is 3.10. The number of aryl methyl sites for hydroxylation is 2. The number of rotatable bonds is 5. The van der Waals surface area contributed by atoms with Crippen LogP contribution >= 0.6 is 0 Å². The van der Waals surface area contributed by atoms with Crippen molar-refractivity contribution in [2.45, 2.75) is 32.6 Å². The zero-order chi connectivity index (χ0) is 15.6.